The SMILES string of the molecule is CNCc1cc(S(=O)(=O)Nc2ccc(Br)cc2F)c[nH]1. The first-order valence-corrected chi connectivity index (χ1v) is 8.00. The minimum atomic E-state index is -3.81. The van der Waals surface area contributed by atoms with E-state index < -0.39 is 15.8 Å². The van der Waals surface area contributed by atoms with E-state index >= 15 is 0 Å². The third-order valence-corrected chi connectivity index (χ3v) is 4.41. The van der Waals surface area contributed by atoms with Crippen molar-refractivity contribution in [3.05, 3.63) is 46.4 Å². The van der Waals surface area contributed by atoms with Crippen molar-refractivity contribution in [3.63, 3.8) is 0 Å². The van der Waals surface area contributed by atoms with Crippen molar-refractivity contribution in [1.29, 1.82) is 0 Å². The van der Waals surface area contributed by atoms with Crippen molar-refractivity contribution in [2.24, 2.45) is 0 Å². The number of hydrogen-bond acceptors (Lipinski definition) is 3. The second-order valence-corrected chi connectivity index (χ2v) is 6.72. The lowest BCUT2D eigenvalue weighted by molar-refractivity contribution is 0.598. The predicted molar refractivity (Wildman–Crippen MR) is 78.5 cm³/mol. The Kier molecular flexibility index (Phi) is 4.46. The van der Waals surface area contributed by atoms with Gasteiger partial charge >= 0.3 is 0 Å². The van der Waals surface area contributed by atoms with Gasteiger partial charge < -0.3 is 10.3 Å². The zero-order valence-corrected chi connectivity index (χ0v) is 13.0. The van der Waals surface area contributed by atoms with E-state index in [2.05, 4.69) is 31.0 Å². The van der Waals surface area contributed by atoms with Gasteiger partial charge in [-0.15, -0.1) is 0 Å². The number of nitrogens with one attached hydrogen (secondary N) is 3. The Morgan fingerprint density at radius 3 is 2.75 bits per heavy atom. The van der Waals surface area contributed by atoms with Gasteiger partial charge in [-0.2, -0.15) is 0 Å². The first-order valence-electron chi connectivity index (χ1n) is 5.72. The fraction of sp³-hybridized carbons (Fsp3) is 0.167. The van der Waals surface area contributed by atoms with Crippen LogP contribution >= 0.6 is 15.9 Å². The molecule has 0 spiro atoms. The summed E-state index contributed by atoms with van der Waals surface area (Å²) in [7, 11) is -2.06. The summed E-state index contributed by atoms with van der Waals surface area (Å²) in [6.45, 7) is 0.516. The van der Waals surface area contributed by atoms with Crippen molar-refractivity contribution in [2.45, 2.75) is 11.4 Å². The van der Waals surface area contributed by atoms with Gasteiger partial charge in [0, 0.05) is 22.9 Å². The Labute approximate surface area is 124 Å². The lowest BCUT2D eigenvalue weighted by atomic mass is 10.3. The van der Waals surface area contributed by atoms with E-state index in [1.54, 1.807) is 13.1 Å². The number of anilines is 1. The third kappa shape index (κ3) is 3.38. The molecule has 0 saturated heterocycles. The molecule has 2 rings (SSSR count). The van der Waals surface area contributed by atoms with Gasteiger partial charge in [-0.3, -0.25) is 4.72 Å². The van der Waals surface area contributed by atoms with Crippen LogP contribution in [-0.2, 0) is 16.6 Å². The van der Waals surface area contributed by atoms with Crippen molar-refractivity contribution >= 4 is 31.6 Å². The number of rotatable bonds is 5. The molecule has 1 heterocycles. The summed E-state index contributed by atoms with van der Waals surface area (Å²) in [5.41, 5.74) is 0.633. The van der Waals surface area contributed by atoms with Crippen LogP contribution in [0.3, 0.4) is 0 Å². The van der Waals surface area contributed by atoms with Crippen molar-refractivity contribution in [3.8, 4) is 0 Å². The highest BCUT2D eigenvalue weighted by Crippen LogP contribution is 2.22. The monoisotopic (exact) mass is 361 g/mol. The smallest absolute Gasteiger partial charge is 0.263 e. The van der Waals surface area contributed by atoms with Crippen molar-refractivity contribution < 1.29 is 12.8 Å². The van der Waals surface area contributed by atoms with Gasteiger partial charge in [-0.05, 0) is 31.3 Å². The van der Waals surface area contributed by atoms with Crippen LogP contribution in [0.2, 0.25) is 0 Å². The van der Waals surface area contributed by atoms with Gasteiger partial charge in [0.15, 0.2) is 0 Å². The topological polar surface area (TPSA) is 74.0 Å². The molecule has 3 N–H and O–H groups in total. The maximum absolute atomic E-state index is 13.6. The first kappa shape index (κ1) is 15.0. The number of hydrogen-bond donors (Lipinski definition) is 3. The fourth-order valence-corrected chi connectivity index (χ4v) is 3.06. The minimum Gasteiger partial charge on any atom is -0.363 e. The molecule has 0 aliphatic heterocycles. The standard InChI is InChI=1S/C12H13BrFN3O2S/c1-15-6-9-5-10(7-16-9)20(18,19)17-12-3-2-8(13)4-11(12)14/h2-5,7,15-17H,6H2,1H3. The number of sulfonamides is 1. The van der Waals surface area contributed by atoms with E-state index in [9.17, 15) is 12.8 Å². The molecule has 108 valence electrons. The molecule has 0 amide bonds. The summed E-state index contributed by atoms with van der Waals surface area (Å²) in [5.74, 6) is -0.645. The van der Waals surface area contributed by atoms with Gasteiger partial charge in [-0.1, -0.05) is 15.9 Å². The van der Waals surface area contributed by atoms with Crippen molar-refractivity contribution in [2.75, 3.05) is 11.8 Å². The van der Waals surface area contributed by atoms with Crippen LogP contribution in [0.5, 0.6) is 0 Å². The molecule has 0 radical (unpaired) electrons. The van der Waals surface area contributed by atoms with E-state index in [1.807, 2.05) is 0 Å². The molecule has 0 bridgehead atoms. The number of halogens is 2. The Morgan fingerprint density at radius 2 is 2.10 bits per heavy atom. The van der Waals surface area contributed by atoms with Gasteiger partial charge in [0.1, 0.15) is 10.7 Å². The molecular formula is C12H13BrFN3O2S. The molecule has 0 aliphatic carbocycles. The molecule has 0 aliphatic rings. The minimum absolute atomic E-state index is 0.0602. The molecule has 0 saturated carbocycles. The average molecular weight is 362 g/mol. The van der Waals surface area contributed by atoms with Gasteiger partial charge in [0.2, 0.25) is 0 Å². The van der Waals surface area contributed by atoms with Crippen LogP contribution < -0.4 is 10.0 Å². The number of aromatic nitrogens is 1. The van der Waals surface area contributed by atoms with Crippen LogP contribution in [0.4, 0.5) is 10.1 Å². The van der Waals surface area contributed by atoms with Crippen LogP contribution in [0.15, 0.2) is 39.8 Å². The quantitative estimate of drug-likeness (QED) is 0.765. The number of benzene rings is 1. The molecule has 0 unspecified atom stereocenters. The highest BCUT2D eigenvalue weighted by Gasteiger charge is 2.18. The summed E-state index contributed by atoms with van der Waals surface area (Å²) in [5, 5.41) is 2.90. The van der Waals surface area contributed by atoms with E-state index in [4.69, 9.17) is 0 Å². The van der Waals surface area contributed by atoms with Crippen LogP contribution in [0, 0.1) is 5.82 Å². The summed E-state index contributed by atoms with van der Waals surface area (Å²) in [6, 6.07) is 5.61. The summed E-state index contributed by atoms with van der Waals surface area (Å²) >= 11 is 3.11. The van der Waals surface area contributed by atoms with Gasteiger partial charge in [-0.25, -0.2) is 12.8 Å². The van der Waals surface area contributed by atoms with Crippen molar-refractivity contribution in [1.82, 2.24) is 10.3 Å². The Hall–Kier alpha value is -1.38. The molecule has 2 aromatic rings. The summed E-state index contributed by atoms with van der Waals surface area (Å²) < 4.78 is 40.7. The van der Waals surface area contributed by atoms with Gasteiger partial charge in [0.05, 0.1) is 5.69 Å². The maximum Gasteiger partial charge on any atom is 0.263 e. The molecule has 5 nitrogen and oxygen atoms in total. The number of H-pyrrole nitrogens is 1. The van der Waals surface area contributed by atoms with E-state index in [0.29, 0.717) is 11.0 Å². The van der Waals surface area contributed by atoms with Crippen LogP contribution in [-0.4, -0.2) is 20.4 Å². The predicted octanol–water partition coefficient (Wildman–Crippen LogP) is 2.44. The Morgan fingerprint density at radius 1 is 1.35 bits per heavy atom. The lowest BCUT2D eigenvalue weighted by Gasteiger charge is -2.07. The highest BCUT2D eigenvalue weighted by molar-refractivity contribution is 9.10. The zero-order chi connectivity index (χ0) is 14.8. The summed E-state index contributed by atoms with van der Waals surface area (Å²) in [4.78, 5) is 2.90. The molecule has 0 atom stereocenters. The van der Waals surface area contributed by atoms with Crippen LogP contribution in [0.1, 0.15) is 5.69 Å². The zero-order valence-electron chi connectivity index (χ0n) is 10.6. The molecule has 8 heteroatoms. The van der Waals surface area contributed by atoms with Gasteiger partial charge in [0.25, 0.3) is 10.0 Å². The molecular weight excluding hydrogens is 349 g/mol. The lowest BCUT2D eigenvalue weighted by Crippen LogP contribution is -2.13. The maximum atomic E-state index is 13.6. The normalized spacial score (nSPS) is 11.6. The highest BCUT2D eigenvalue weighted by atomic mass is 79.9. The van der Waals surface area contributed by atoms with E-state index in [0.717, 1.165) is 5.69 Å². The van der Waals surface area contributed by atoms with Crippen LogP contribution in [0.25, 0.3) is 0 Å². The Bertz CT molecular complexity index is 715. The second-order valence-electron chi connectivity index (χ2n) is 4.12. The molecule has 1 aromatic heterocycles. The molecule has 0 fully saturated rings. The molecule has 1 aromatic carbocycles. The number of aromatic amines is 1. The average Bonchev–Trinajstić information content (AvgIpc) is 2.83. The largest absolute Gasteiger partial charge is 0.363 e. The molecule has 20 heavy (non-hydrogen) atoms. The second kappa shape index (κ2) is 5.94. The Balaban J connectivity index is 2.26. The fourth-order valence-electron chi connectivity index (χ4n) is 1.64. The first-order chi connectivity index (χ1) is 9.42. The van der Waals surface area contributed by atoms with E-state index in [1.165, 1.54) is 24.4 Å². The van der Waals surface area contributed by atoms with E-state index in [-0.39, 0.29) is 10.6 Å². The summed E-state index contributed by atoms with van der Waals surface area (Å²) in [6.07, 6.45) is 1.37. The third-order valence-electron chi connectivity index (χ3n) is 2.57.